The van der Waals surface area contributed by atoms with Gasteiger partial charge in [-0.2, -0.15) is 0 Å². The summed E-state index contributed by atoms with van der Waals surface area (Å²) in [5.41, 5.74) is 3.41. The minimum Gasteiger partial charge on any atom is -0.494 e. The predicted octanol–water partition coefficient (Wildman–Crippen LogP) is 3.89. The first kappa shape index (κ1) is 13.5. The zero-order valence-electron chi connectivity index (χ0n) is 12.1. The molecule has 0 atom stereocenters. The van der Waals surface area contributed by atoms with Crippen LogP contribution < -0.4 is 9.47 Å². The fourth-order valence-corrected chi connectivity index (χ4v) is 2.25. The van der Waals surface area contributed by atoms with Crippen molar-refractivity contribution in [3.63, 3.8) is 0 Å². The molecule has 0 radical (unpaired) electrons. The smallest absolute Gasteiger partial charge is 0.143 e. The molecule has 0 amide bonds. The minimum absolute atomic E-state index is 0.653. The number of rotatable bonds is 5. The normalized spacial score (nSPS) is 10.5. The maximum atomic E-state index is 5.73. The van der Waals surface area contributed by atoms with Crippen LogP contribution in [0.4, 0.5) is 0 Å². The molecule has 0 unspecified atom stereocenters. The lowest BCUT2D eigenvalue weighted by atomic mass is 10.2. The van der Waals surface area contributed by atoms with Crippen LogP contribution in [0.15, 0.2) is 30.3 Å². The molecule has 0 saturated heterocycles. The van der Waals surface area contributed by atoms with Crippen LogP contribution in [0.2, 0.25) is 0 Å². The second-order valence-corrected chi connectivity index (χ2v) is 4.45. The molecule has 2 rings (SSSR count). The maximum absolute atomic E-state index is 5.73. The van der Waals surface area contributed by atoms with E-state index in [1.165, 1.54) is 11.4 Å². The van der Waals surface area contributed by atoms with E-state index in [4.69, 9.17) is 9.47 Å². The first-order valence-corrected chi connectivity index (χ1v) is 6.72. The van der Waals surface area contributed by atoms with Gasteiger partial charge in [0, 0.05) is 17.5 Å². The first-order chi connectivity index (χ1) is 9.17. The van der Waals surface area contributed by atoms with Gasteiger partial charge in [0.25, 0.3) is 0 Å². The van der Waals surface area contributed by atoms with Gasteiger partial charge in [0.2, 0.25) is 0 Å². The van der Waals surface area contributed by atoms with Gasteiger partial charge in [-0.25, -0.2) is 0 Å². The molecule has 0 N–H and O–H groups in total. The third-order valence-electron chi connectivity index (χ3n) is 3.05. The standard InChI is InChI=1S/C16H21NO2/c1-5-18-14-9-10-16(19-6-2)15(11-14)17-12(3)7-8-13(17)4/h7-11H,5-6H2,1-4H3. The van der Waals surface area contributed by atoms with Crippen LogP contribution in [0.3, 0.4) is 0 Å². The number of ether oxygens (including phenoxy) is 2. The molecule has 3 heteroatoms. The van der Waals surface area contributed by atoms with Crippen molar-refractivity contribution in [2.24, 2.45) is 0 Å². The summed E-state index contributed by atoms with van der Waals surface area (Å²) in [7, 11) is 0. The summed E-state index contributed by atoms with van der Waals surface area (Å²) in [4.78, 5) is 0. The average molecular weight is 259 g/mol. The Kier molecular flexibility index (Phi) is 4.15. The highest BCUT2D eigenvalue weighted by Gasteiger charge is 2.11. The third-order valence-corrected chi connectivity index (χ3v) is 3.05. The highest BCUT2D eigenvalue weighted by atomic mass is 16.5. The van der Waals surface area contributed by atoms with Gasteiger partial charge in [0.1, 0.15) is 11.5 Å². The number of benzene rings is 1. The van der Waals surface area contributed by atoms with Crippen LogP contribution in [0.1, 0.15) is 25.2 Å². The Morgan fingerprint density at radius 1 is 0.895 bits per heavy atom. The highest BCUT2D eigenvalue weighted by molar-refractivity contribution is 5.53. The summed E-state index contributed by atoms with van der Waals surface area (Å²) in [6.45, 7) is 9.49. The molecule has 2 aromatic rings. The van der Waals surface area contributed by atoms with Crippen LogP contribution in [-0.4, -0.2) is 17.8 Å². The topological polar surface area (TPSA) is 23.4 Å². The van der Waals surface area contributed by atoms with E-state index in [1.807, 2.05) is 32.0 Å². The number of aromatic nitrogens is 1. The van der Waals surface area contributed by atoms with Crippen molar-refractivity contribution in [2.45, 2.75) is 27.7 Å². The van der Waals surface area contributed by atoms with Gasteiger partial charge in [-0.15, -0.1) is 0 Å². The van der Waals surface area contributed by atoms with Crippen molar-refractivity contribution in [2.75, 3.05) is 13.2 Å². The molecule has 0 saturated carbocycles. The Hall–Kier alpha value is -1.90. The SMILES string of the molecule is CCOc1ccc(OCC)c(-n2c(C)ccc2C)c1. The predicted molar refractivity (Wildman–Crippen MR) is 77.6 cm³/mol. The fraction of sp³-hybridized carbons (Fsp3) is 0.375. The van der Waals surface area contributed by atoms with E-state index >= 15 is 0 Å². The average Bonchev–Trinajstić information content (AvgIpc) is 2.72. The zero-order valence-corrected chi connectivity index (χ0v) is 12.1. The number of hydrogen-bond donors (Lipinski definition) is 0. The van der Waals surface area contributed by atoms with E-state index in [0.29, 0.717) is 13.2 Å². The van der Waals surface area contributed by atoms with E-state index in [0.717, 1.165) is 17.2 Å². The van der Waals surface area contributed by atoms with Gasteiger partial charge in [0.15, 0.2) is 0 Å². The van der Waals surface area contributed by atoms with Crippen molar-refractivity contribution >= 4 is 0 Å². The Morgan fingerprint density at radius 3 is 2.11 bits per heavy atom. The Labute approximate surface area is 114 Å². The molecule has 0 fully saturated rings. The molecule has 0 bridgehead atoms. The van der Waals surface area contributed by atoms with Crippen molar-refractivity contribution in [3.8, 4) is 17.2 Å². The van der Waals surface area contributed by atoms with E-state index < -0.39 is 0 Å². The fourth-order valence-electron chi connectivity index (χ4n) is 2.25. The summed E-state index contributed by atoms with van der Waals surface area (Å²) in [5, 5.41) is 0. The second kappa shape index (κ2) is 5.83. The molecular weight excluding hydrogens is 238 g/mol. The molecule has 3 nitrogen and oxygen atoms in total. The number of hydrogen-bond acceptors (Lipinski definition) is 2. The van der Waals surface area contributed by atoms with Gasteiger partial charge in [-0.1, -0.05) is 0 Å². The highest BCUT2D eigenvalue weighted by Crippen LogP contribution is 2.30. The monoisotopic (exact) mass is 259 g/mol. The Bertz CT molecular complexity index is 538. The lowest BCUT2D eigenvalue weighted by Crippen LogP contribution is -2.04. The van der Waals surface area contributed by atoms with E-state index in [1.54, 1.807) is 0 Å². The zero-order chi connectivity index (χ0) is 13.8. The van der Waals surface area contributed by atoms with Gasteiger partial charge >= 0.3 is 0 Å². The molecule has 1 aromatic heterocycles. The third kappa shape index (κ3) is 2.75. The molecule has 1 heterocycles. The van der Waals surface area contributed by atoms with Crippen LogP contribution in [0.25, 0.3) is 5.69 Å². The van der Waals surface area contributed by atoms with E-state index in [2.05, 4.69) is 30.5 Å². The molecule has 0 aliphatic heterocycles. The summed E-state index contributed by atoms with van der Waals surface area (Å²) in [6, 6.07) is 10.2. The van der Waals surface area contributed by atoms with Crippen molar-refractivity contribution in [1.82, 2.24) is 4.57 Å². The lowest BCUT2D eigenvalue weighted by Gasteiger charge is -2.16. The van der Waals surface area contributed by atoms with Crippen molar-refractivity contribution < 1.29 is 9.47 Å². The van der Waals surface area contributed by atoms with Crippen molar-refractivity contribution in [1.29, 1.82) is 0 Å². The minimum atomic E-state index is 0.653. The summed E-state index contributed by atoms with van der Waals surface area (Å²) >= 11 is 0. The van der Waals surface area contributed by atoms with Crippen LogP contribution in [0, 0.1) is 13.8 Å². The van der Waals surface area contributed by atoms with E-state index in [-0.39, 0.29) is 0 Å². The Balaban J connectivity index is 2.54. The number of aryl methyl sites for hydroxylation is 2. The van der Waals surface area contributed by atoms with Crippen molar-refractivity contribution in [3.05, 3.63) is 41.7 Å². The summed E-state index contributed by atoms with van der Waals surface area (Å²) in [6.07, 6.45) is 0. The molecule has 0 aliphatic carbocycles. The maximum Gasteiger partial charge on any atom is 0.143 e. The summed E-state index contributed by atoms with van der Waals surface area (Å²) < 4.78 is 13.5. The van der Waals surface area contributed by atoms with Crippen LogP contribution in [-0.2, 0) is 0 Å². The first-order valence-electron chi connectivity index (χ1n) is 6.72. The lowest BCUT2D eigenvalue weighted by molar-refractivity contribution is 0.329. The molecular formula is C16H21NO2. The summed E-state index contributed by atoms with van der Waals surface area (Å²) in [5.74, 6) is 1.75. The molecule has 19 heavy (non-hydrogen) atoms. The van der Waals surface area contributed by atoms with Gasteiger partial charge in [-0.3, -0.25) is 0 Å². The largest absolute Gasteiger partial charge is 0.494 e. The van der Waals surface area contributed by atoms with Gasteiger partial charge in [0.05, 0.1) is 18.9 Å². The van der Waals surface area contributed by atoms with Crippen LogP contribution in [0.5, 0.6) is 11.5 Å². The number of nitrogens with zero attached hydrogens (tertiary/aromatic N) is 1. The Morgan fingerprint density at radius 2 is 1.53 bits per heavy atom. The molecule has 1 aromatic carbocycles. The van der Waals surface area contributed by atoms with Gasteiger partial charge in [-0.05, 0) is 52.0 Å². The second-order valence-electron chi connectivity index (χ2n) is 4.45. The molecule has 0 spiro atoms. The van der Waals surface area contributed by atoms with Crippen LogP contribution >= 0.6 is 0 Å². The van der Waals surface area contributed by atoms with Gasteiger partial charge < -0.3 is 14.0 Å². The quantitative estimate of drug-likeness (QED) is 0.813. The van der Waals surface area contributed by atoms with E-state index in [9.17, 15) is 0 Å². The molecule has 0 aliphatic rings. The molecule has 102 valence electrons.